The van der Waals surface area contributed by atoms with Crippen molar-refractivity contribution in [3.8, 4) is 6.07 Å². The molecule has 1 N–H and O–H groups in total. The average molecular weight is 384 g/mol. The van der Waals surface area contributed by atoms with E-state index in [9.17, 15) is 26.7 Å². The van der Waals surface area contributed by atoms with E-state index in [-0.39, 0.29) is 16.8 Å². The molecule has 2 aromatic rings. The first-order chi connectivity index (χ1) is 12.2. The smallest absolute Gasteiger partial charge is 0.416 e. The summed E-state index contributed by atoms with van der Waals surface area (Å²) >= 11 is -2.80. The average Bonchev–Trinajstić information content (AvgIpc) is 2.60. The molecule has 0 fully saturated rings. The lowest BCUT2D eigenvalue weighted by Gasteiger charge is -2.23. The molecule has 2 aromatic carbocycles. The third kappa shape index (κ3) is 4.01. The van der Waals surface area contributed by atoms with Crippen LogP contribution in [0.5, 0.6) is 0 Å². The van der Waals surface area contributed by atoms with Gasteiger partial charge in [0.05, 0.1) is 41.2 Å². The van der Waals surface area contributed by atoms with E-state index in [2.05, 4.69) is 4.74 Å². The summed E-state index contributed by atoms with van der Waals surface area (Å²) in [5.74, 6) is -0.974. The molecule has 0 aliphatic rings. The van der Waals surface area contributed by atoms with Crippen LogP contribution >= 0.6 is 0 Å². The van der Waals surface area contributed by atoms with Crippen LogP contribution in [0.4, 0.5) is 24.5 Å². The Labute approximate surface area is 148 Å². The van der Waals surface area contributed by atoms with Gasteiger partial charge in [0.15, 0.2) is 0 Å². The van der Waals surface area contributed by atoms with E-state index in [1.54, 1.807) is 0 Å². The van der Waals surface area contributed by atoms with Crippen LogP contribution in [-0.4, -0.2) is 21.8 Å². The third-order valence-electron chi connectivity index (χ3n) is 3.34. The number of nitriles is 1. The van der Waals surface area contributed by atoms with Gasteiger partial charge < -0.3 is 4.74 Å². The molecule has 0 saturated heterocycles. The monoisotopic (exact) mass is 384 g/mol. The number of carbonyl (C=O) groups is 1. The molecule has 0 radical (unpaired) electrons. The number of ether oxygens (including phenoxy) is 1. The highest BCUT2D eigenvalue weighted by Gasteiger charge is 2.33. The molecule has 6 nitrogen and oxygen atoms in total. The molecule has 1 unspecified atom stereocenters. The van der Waals surface area contributed by atoms with Crippen molar-refractivity contribution in [3.63, 3.8) is 0 Å². The van der Waals surface area contributed by atoms with E-state index < -0.39 is 34.7 Å². The first kappa shape index (κ1) is 19.4. The molecule has 0 aliphatic carbocycles. The van der Waals surface area contributed by atoms with Crippen LogP contribution in [0.25, 0.3) is 0 Å². The van der Waals surface area contributed by atoms with Gasteiger partial charge in [-0.1, -0.05) is 0 Å². The zero-order valence-electron chi connectivity index (χ0n) is 13.1. The molecule has 0 amide bonds. The minimum atomic E-state index is -4.73. The van der Waals surface area contributed by atoms with E-state index in [0.29, 0.717) is 16.4 Å². The van der Waals surface area contributed by atoms with Gasteiger partial charge in [-0.25, -0.2) is 13.3 Å². The number of rotatable bonds is 4. The van der Waals surface area contributed by atoms with Gasteiger partial charge in [-0.05, 0) is 42.5 Å². The fraction of sp³-hybridized carbons (Fsp3) is 0.125. The number of hydrogen-bond donors (Lipinski definition) is 1. The predicted molar refractivity (Wildman–Crippen MR) is 86.9 cm³/mol. The van der Waals surface area contributed by atoms with Crippen molar-refractivity contribution in [2.45, 2.75) is 6.18 Å². The maximum absolute atomic E-state index is 13.0. The summed E-state index contributed by atoms with van der Waals surface area (Å²) in [5.41, 5.74) is -1.64. The van der Waals surface area contributed by atoms with Gasteiger partial charge in [0.25, 0.3) is 11.3 Å². The Hall–Kier alpha value is -2.90. The lowest BCUT2D eigenvalue weighted by atomic mass is 10.1. The highest BCUT2D eigenvalue weighted by Crippen LogP contribution is 2.37. The van der Waals surface area contributed by atoms with Crippen LogP contribution in [0, 0.1) is 11.3 Å². The van der Waals surface area contributed by atoms with Crippen LogP contribution < -0.4 is 4.31 Å². The van der Waals surface area contributed by atoms with Gasteiger partial charge in [0, 0.05) is 0 Å². The number of carbonyl (C=O) groups excluding carboxylic acids is 1. The SMILES string of the molecule is COC(=O)c1ccc(C(F)(F)F)cc1N(c1ccc(C#N)cc1)S(=O)O. The van der Waals surface area contributed by atoms with E-state index >= 15 is 0 Å². The topological polar surface area (TPSA) is 90.6 Å². The number of hydrogen-bond acceptors (Lipinski definition) is 4. The molecule has 10 heteroatoms. The second-order valence-electron chi connectivity index (χ2n) is 4.91. The van der Waals surface area contributed by atoms with Crippen molar-refractivity contribution in [2.75, 3.05) is 11.4 Å². The van der Waals surface area contributed by atoms with Gasteiger partial charge in [-0.3, -0.25) is 4.55 Å². The van der Waals surface area contributed by atoms with Crippen LogP contribution in [0.1, 0.15) is 21.5 Å². The van der Waals surface area contributed by atoms with Crippen molar-refractivity contribution in [2.24, 2.45) is 0 Å². The molecule has 0 heterocycles. The number of alkyl halides is 3. The molecule has 0 aromatic heterocycles. The summed E-state index contributed by atoms with van der Waals surface area (Å²) in [7, 11) is 1.03. The summed E-state index contributed by atoms with van der Waals surface area (Å²) < 4.78 is 65.7. The van der Waals surface area contributed by atoms with Crippen molar-refractivity contribution in [3.05, 3.63) is 59.2 Å². The second kappa shape index (κ2) is 7.55. The van der Waals surface area contributed by atoms with Gasteiger partial charge in [0.1, 0.15) is 0 Å². The van der Waals surface area contributed by atoms with Crippen molar-refractivity contribution >= 4 is 28.6 Å². The zero-order chi connectivity index (χ0) is 19.5. The summed E-state index contributed by atoms with van der Waals surface area (Å²) in [6.45, 7) is 0. The van der Waals surface area contributed by atoms with Crippen LogP contribution in [0.2, 0.25) is 0 Å². The van der Waals surface area contributed by atoms with E-state index in [0.717, 1.165) is 13.2 Å². The molecule has 136 valence electrons. The van der Waals surface area contributed by atoms with Gasteiger partial charge in [-0.15, -0.1) is 0 Å². The number of esters is 1. The molecule has 26 heavy (non-hydrogen) atoms. The van der Waals surface area contributed by atoms with Gasteiger partial charge in [0.2, 0.25) is 0 Å². The second-order valence-corrected chi connectivity index (χ2v) is 5.73. The molecular weight excluding hydrogens is 373 g/mol. The Morgan fingerprint density at radius 2 is 1.85 bits per heavy atom. The Morgan fingerprint density at radius 3 is 2.31 bits per heavy atom. The van der Waals surface area contributed by atoms with Crippen LogP contribution in [0.3, 0.4) is 0 Å². The lowest BCUT2D eigenvalue weighted by molar-refractivity contribution is -0.137. The number of methoxy groups -OCH3 is 1. The third-order valence-corrected chi connectivity index (χ3v) is 4.06. The maximum Gasteiger partial charge on any atom is 0.416 e. The van der Waals surface area contributed by atoms with Crippen LogP contribution in [-0.2, 0) is 22.2 Å². The van der Waals surface area contributed by atoms with Crippen molar-refractivity contribution in [1.82, 2.24) is 0 Å². The minimum Gasteiger partial charge on any atom is -0.465 e. The first-order valence-electron chi connectivity index (χ1n) is 6.90. The molecule has 2 rings (SSSR count). The predicted octanol–water partition coefficient (Wildman–Crippen LogP) is 3.64. The lowest BCUT2D eigenvalue weighted by Crippen LogP contribution is -2.23. The molecule has 0 saturated carbocycles. The molecular formula is C16H11F3N2O4S. The van der Waals surface area contributed by atoms with Crippen LogP contribution in [0.15, 0.2) is 42.5 Å². The molecule has 0 aliphatic heterocycles. The summed E-state index contributed by atoms with van der Waals surface area (Å²) in [6.07, 6.45) is -4.73. The number of halogens is 3. The molecule has 1 atom stereocenters. The standard InChI is InChI=1S/C16H11F3N2O4S/c1-25-15(22)13-7-4-11(16(17,18)19)8-14(13)21(26(23)24)12-5-2-10(9-20)3-6-12/h2-8H,1H3,(H,23,24). The highest BCUT2D eigenvalue weighted by atomic mass is 32.2. The maximum atomic E-state index is 13.0. The van der Waals surface area contributed by atoms with Gasteiger partial charge in [-0.2, -0.15) is 18.4 Å². The number of anilines is 2. The highest BCUT2D eigenvalue weighted by molar-refractivity contribution is 7.81. The summed E-state index contributed by atoms with van der Waals surface area (Å²) in [4.78, 5) is 11.9. The van der Waals surface area contributed by atoms with Gasteiger partial charge >= 0.3 is 12.1 Å². The Kier molecular flexibility index (Phi) is 5.64. The number of nitrogens with zero attached hydrogens (tertiary/aromatic N) is 2. The van der Waals surface area contributed by atoms with Crippen molar-refractivity contribution in [1.29, 1.82) is 5.26 Å². The Bertz CT molecular complexity index is 892. The van der Waals surface area contributed by atoms with Crippen molar-refractivity contribution < 1.29 is 31.5 Å². The Balaban J connectivity index is 2.70. The van der Waals surface area contributed by atoms with E-state index in [1.165, 1.54) is 24.3 Å². The first-order valence-corrected chi connectivity index (χ1v) is 7.96. The van der Waals surface area contributed by atoms with E-state index in [1.807, 2.05) is 6.07 Å². The zero-order valence-corrected chi connectivity index (χ0v) is 14.0. The molecule has 0 bridgehead atoms. The normalized spacial score (nSPS) is 12.2. The largest absolute Gasteiger partial charge is 0.465 e. The fourth-order valence-electron chi connectivity index (χ4n) is 2.14. The summed E-state index contributed by atoms with van der Waals surface area (Å²) in [6, 6.07) is 9.16. The fourth-order valence-corrected chi connectivity index (χ4v) is 2.76. The van der Waals surface area contributed by atoms with E-state index in [4.69, 9.17) is 5.26 Å². The summed E-state index contributed by atoms with van der Waals surface area (Å²) in [5, 5.41) is 8.81. The minimum absolute atomic E-state index is 0.00862. The quantitative estimate of drug-likeness (QED) is 0.642. The number of benzene rings is 2. The Morgan fingerprint density at radius 1 is 1.23 bits per heavy atom. The molecule has 0 spiro atoms.